The zero-order chi connectivity index (χ0) is 9.97. The summed E-state index contributed by atoms with van der Waals surface area (Å²) in [6.07, 6.45) is 3.52. The Kier molecular flexibility index (Phi) is 2.73. The van der Waals surface area contributed by atoms with Crippen LogP contribution in [0.15, 0.2) is 24.3 Å². The average Bonchev–Trinajstić information content (AvgIpc) is 2.65. The van der Waals surface area contributed by atoms with Gasteiger partial charge in [-0.05, 0) is 42.9 Å². The molecule has 1 fully saturated rings. The number of nitrogens with two attached hydrogens (primary N) is 1. The maximum atomic E-state index is 5.89. The second-order valence-electron chi connectivity index (χ2n) is 4.04. The maximum Gasteiger partial charge on any atom is 0.118 e. The van der Waals surface area contributed by atoms with Crippen LogP contribution in [0, 0.1) is 0 Å². The summed E-state index contributed by atoms with van der Waals surface area (Å²) >= 11 is 0. The SMILES string of the molecule is COc1ccc([C@@H]2CC[C@@H](N)C2)cc1. The molecule has 1 aromatic carbocycles. The minimum Gasteiger partial charge on any atom is -0.497 e. The summed E-state index contributed by atoms with van der Waals surface area (Å²) in [7, 11) is 1.69. The Bertz CT molecular complexity index is 294. The summed E-state index contributed by atoms with van der Waals surface area (Å²) in [6, 6.07) is 8.77. The number of methoxy groups -OCH3 is 1. The number of hydrogen-bond donors (Lipinski definition) is 1. The second-order valence-corrected chi connectivity index (χ2v) is 4.04. The van der Waals surface area contributed by atoms with E-state index in [4.69, 9.17) is 10.5 Å². The highest BCUT2D eigenvalue weighted by atomic mass is 16.5. The standard InChI is InChI=1S/C12H17NO/c1-14-12-6-3-9(4-7-12)10-2-5-11(13)8-10/h3-4,6-7,10-11H,2,5,8,13H2,1H3/t10-,11-/m1/s1. The van der Waals surface area contributed by atoms with Gasteiger partial charge in [0.15, 0.2) is 0 Å². The third kappa shape index (κ3) is 1.90. The predicted molar refractivity (Wildman–Crippen MR) is 57.6 cm³/mol. The molecule has 1 aromatic rings. The zero-order valence-electron chi connectivity index (χ0n) is 8.57. The average molecular weight is 191 g/mol. The molecule has 0 unspecified atom stereocenters. The first-order chi connectivity index (χ1) is 6.79. The van der Waals surface area contributed by atoms with Crippen molar-refractivity contribution in [2.45, 2.75) is 31.2 Å². The smallest absolute Gasteiger partial charge is 0.118 e. The number of hydrogen-bond acceptors (Lipinski definition) is 2. The second kappa shape index (κ2) is 4.01. The fraction of sp³-hybridized carbons (Fsp3) is 0.500. The Morgan fingerprint density at radius 1 is 1.21 bits per heavy atom. The van der Waals surface area contributed by atoms with E-state index in [0.29, 0.717) is 12.0 Å². The minimum absolute atomic E-state index is 0.405. The van der Waals surface area contributed by atoms with Gasteiger partial charge >= 0.3 is 0 Å². The normalized spacial score (nSPS) is 26.4. The van der Waals surface area contributed by atoms with E-state index >= 15 is 0 Å². The summed E-state index contributed by atoms with van der Waals surface area (Å²) in [4.78, 5) is 0. The molecule has 0 bridgehead atoms. The van der Waals surface area contributed by atoms with E-state index in [9.17, 15) is 0 Å². The van der Waals surface area contributed by atoms with Gasteiger partial charge in [0, 0.05) is 6.04 Å². The van der Waals surface area contributed by atoms with Gasteiger partial charge in [-0.2, -0.15) is 0 Å². The summed E-state index contributed by atoms with van der Waals surface area (Å²) < 4.78 is 5.13. The summed E-state index contributed by atoms with van der Waals surface area (Å²) in [5.41, 5.74) is 7.30. The molecule has 0 heterocycles. The van der Waals surface area contributed by atoms with Crippen LogP contribution in [-0.4, -0.2) is 13.2 Å². The lowest BCUT2D eigenvalue weighted by atomic mass is 9.97. The first kappa shape index (κ1) is 9.53. The fourth-order valence-electron chi connectivity index (χ4n) is 2.20. The largest absolute Gasteiger partial charge is 0.497 e. The van der Waals surface area contributed by atoms with Gasteiger partial charge in [0.25, 0.3) is 0 Å². The van der Waals surface area contributed by atoms with Crippen molar-refractivity contribution in [3.8, 4) is 5.75 Å². The quantitative estimate of drug-likeness (QED) is 0.778. The third-order valence-electron chi connectivity index (χ3n) is 3.06. The van der Waals surface area contributed by atoms with Crippen LogP contribution in [0.1, 0.15) is 30.7 Å². The van der Waals surface area contributed by atoms with Crippen LogP contribution in [0.25, 0.3) is 0 Å². The van der Waals surface area contributed by atoms with Crippen molar-refractivity contribution in [2.75, 3.05) is 7.11 Å². The molecule has 2 atom stereocenters. The van der Waals surface area contributed by atoms with Crippen molar-refractivity contribution < 1.29 is 4.74 Å². The van der Waals surface area contributed by atoms with Gasteiger partial charge in [0.1, 0.15) is 5.75 Å². The molecule has 1 saturated carbocycles. The molecule has 14 heavy (non-hydrogen) atoms. The first-order valence-corrected chi connectivity index (χ1v) is 5.19. The minimum atomic E-state index is 0.405. The summed E-state index contributed by atoms with van der Waals surface area (Å²) in [6.45, 7) is 0. The Labute approximate surface area is 85.1 Å². The topological polar surface area (TPSA) is 35.2 Å². The van der Waals surface area contributed by atoms with Gasteiger partial charge in [-0.1, -0.05) is 12.1 Å². The molecule has 0 radical (unpaired) electrons. The van der Waals surface area contributed by atoms with E-state index in [0.717, 1.165) is 18.6 Å². The Morgan fingerprint density at radius 3 is 2.43 bits per heavy atom. The molecule has 0 amide bonds. The van der Waals surface area contributed by atoms with E-state index in [1.807, 2.05) is 12.1 Å². The molecule has 76 valence electrons. The molecule has 2 heteroatoms. The lowest BCUT2D eigenvalue weighted by molar-refractivity contribution is 0.414. The molecule has 0 aromatic heterocycles. The van der Waals surface area contributed by atoms with E-state index in [2.05, 4.69) is 12.1 Å². The Morgan fingerprint density at radius 2 is 1.93 bits per heavy atom. The van der Waals surface area contributed by atoms with Gasteiger partial charge in [0.2, 0.25) is 0 Å². The monoisotopic (exact) mass is 191 g/mol. The lowest BCUT2D eigenvalue weighted by Gasteiger charge is -2.10. The lowest BCUT2D eigenvalue weighted by Crippen LogP contribution is -2.14. The summed E-state index contributed by atoms with van der Waals surface area (Å²) in [5.74, 6) is 1.59. The number of rotatable bonds is 2. The Hall–Kier alpha value is -1.02. The molecular weight excluding hydrogens is 174 g/mol. The zero-order valence-corrected chi connectivity index (χ0v) is 8.57. The number of ether oxygens (including phenoxy) is 1. The predicted octanol–water partition coefficient (Wildman–Crippen LogP) is 2.29. The van der Waals surface area contributed by atoms with Crippen molar-refractivity contribution in [1.82, 2.24) is 0 Å². The van der Waals surface area contributed by atoms with Crippen molar-refractivity contribution in [3.05, 3.63) is 29.8 Å². The molecule has 1 aliphatic carbocycles. The van der Waals surface area contributed by atoms with Crippen molar-refractivity contribution in [2.24, 2.45) is 5.73 Å². The molecule has 0 aliphatic heterocycles. The van der Waals surface area contributed by atoms with Crippen LogP contribution in [0.2, 0.25) is 0 Å². The first-order valence-electron chi connectivity index (χ1n) is 5.19. The van der Waals surface area contributed by atoms with Crippen LogP contribution in [-0.2, 0) is 0 Å². The third-order valence-corrected chi connectivity index (χ3v) is 3.06. The number of benzene rings is 1. The molecular formula is C12H17NO. The maximum absolute atomic E-state index is 5.89. The summed E-state index contributed by atoms with van der Waals surface area (Å²) in [5, 5.41) is 0. The van der Waals surface area contributed by atoms with Crippen LogP contribution >= 0.6 is 0 Å². The van der Waals surface area contributed by atoms with E-state index in [1.165, 1.54) is 12.0 Å². The van der Waals surface area contributed by atoms with E-state index in [-0.39, 0.29) is 0 Å². The van der Waals surface area contributed by atoms with Gasteiger partial charge in [-0.3, -0.25) is 0 Å². The van der Waals surface area contributed by atoms with Crippen molar-refractivity contribution >= 4 is 0 Å². The van der Waals surface area contributed by atoms with Crippen molar-refractivity contribution in [3.63, 3.8) is 0 Å². The molecule has 1 aliphatic rings. The van der Waals surface area contributed by atoms with Gasteiger partial charge in [0.05, 0.1) is 7.11 Å². The highest BCUT2D eigenvalue weighted by molar-refractivity contribution is 5.30. The van der Waals surface area contributed by atoms with Crippen LogP contribution in [0.4, 0.5) is 0 Å². The molecule has 2 N–H and O–H groups in total. The highest BCUT2D eigenvalue weighted by Gasteiger charge is 2.22. The van der Waals surface area contributed by atoms with E-state index in [1.54, 1.807) is 7.11 Å². The van der Waals surface area contributed by atoms with Crippen LogP contribution in [0.3, 0.4) is 0 Å². The van der Waals surface area contributed by atoms with Gasteiger partial charge in [-0.25, -0.2) is 0 Å². The van der Waals surface area contributed by atoms with Gasteiger partial charge < -0.3 is 10.5 Å². The molecule has 0 saturated heterocycles. The molecule has 2 nitrogen and oxygen atoms in total. The van der Waals surface area contributed by atoms with Crippen LogP contribution in [0.5, 0.6) is 5.75 Å². The highest BCUT2D eigenvalue weighted by Crippen LogP contribution is 2.33. The van der Waals surface area contributed by atoms with Gasteiger partial charge in [-0.15, -0.1) is 0 Å². The Balaban J connectivity index is 2.09. The molecule has 0 spiro atoms. The van der Waals surface area contributed by atoms with E-state index < -0.39 is 0 Å². The fourth-order valence-corrected chi connectivity index (χ4v) is 2.20. The van der Waals surface area contributed by atoms with Crippen LogP contribution < -0.4 is 10.5 Å². The van der Waals surface area contributed by atoms with Crippen molar-refractivity contribution in [1.29, 1.82) is 0 Å². The molecule has 2 rings (SSSR count).